The molecule has 5 aliphatic rings. The third-order valence-corrected chi connectivity index (χ3v) is 13.8. The van der Waals surface area contributed by atoms with Gasteiger partial charge < -0.3 is 14.3 Å². The number of rotatable bonds is 4. The zero-order valence-corrected chi connectivity index (χ0v) is 30.0. The zero-order valence-electron chi connectivity index (χ0n) is 30.0. The van der Waals surface area contributed by atoms with Crippen LogP contribution in [0.4, 0.5) is 6.01 Å². The summed E-state index contributed by atoms with van der Waals surface area (Å²) in [6.07, 6.45) is 7.56. The number of aliphatic carboxylic acids is 1. The van der Waals surface area contributed by atoms with Crippen molar-refractivity contribution in [2.45, 2.75) is 133 Å². The summed E-state index contributed by atoms with van der Waals surface area (Å²) in [6, 6.07) is 0.144. The van der Waals surface area contributed by atoms with Crippen molar-refractivity contribution < 1.29 is 33.4 Å². The number of carboxylic acid groups (broad SMARTS) is 1. The van der Waals surface area contributed by atoms with Gasteiger partial charge in [0, 0.05) is 32.6 Å². The van der Waals surface area contributed by atoms with Crippen LogP contribution in [0.25, 0.3) is 0 Å². The van der Waals surface area contributed by atoms with Crippen LogP contribution in [0.5, 0.6) is 0 Å². The molecule has 5 aliphatic carbocycles. The Labute approximate surface area is 279 Å². The van der Waals surface area contributed by atoms with E-state index in [4.69, 9.17) is 9.15 Å². The van der Waals surface area contributed by atoms with Crippen LogP contribution in [0, 0.1) is 57.7 Å². The number of anilines is 1. The van der Waals surface area contributed by atoms with E-state index in [9.17, 15) is 24.3 Å². The molecule has 0 spiro atoms. The van der Waals surface area contributed by atoms with Crippen molar-refractivity contribution in [3.63, 3.8) is 0 Å². The van der Waals surface area contributed by atoms with Gasteiger partial charge >= 0.3 is 18.0 Å². The average Bonchev–Trinajstić information content (AvgIpc) is 3.50. The van der Waals surface area contributed by atoms with Crippen molar-refractivity contribution in [1.82, 2.24) is 10.2 Å². The number of ether oxygens (including phenoxy) is 1. The lowest BCUT2D eigenvalue weighted by atomic mass is 9.32. The maximum Gasteiger partial charge on any atom is 0.322 e. The van der Waals surface area contributed by atoms with Crippen LogP contribution in [-0.2, 0) is 23.9 Å². The van der Waals surface area contributed by atoms with Gasteiger partial charge in [-0.3, -0.25) is 24.5 Å². The van der Waals surface area contributed by atoms with Crippen LogP contribution in [0.15, 0.2) is 15.6 Å². The minimum Gasteiger partial charge on any atom is -0.481 e. The number of carbonyl (C=O) groups excluding carboxylic acids is 3. The summed E-state index contributed by atoms with van der Waals surface area (Å²) < 4.78 is 11.0. The monoisotopic (exact) mass is 653 g/mol. The highest BCUT2D eigenvalue weighted by molar-refractivity contribution is 6.05. The summed E-state index contributed by atoms with van der Waals surface area (Å²) in [5.41, 5.74) is 0.761. The number of amides is 1. The molecule has 0 aromatic carbocycles. The molecule has 260 valence electrons. The smallest absolute Gasteiger partial charge is 0.322 e. The molecule has 6 rings (SSSR count). The van der Waals surface area contributed by atoms with E-state index in [0.29, 0.717) is 24.1 Å². The topological polar surface area (TPSA) is 149 Å². The van der Waals surface area contributed by atoms with Crippen LogP contribution < -0.4 is 5.32 Å². The number of carboxylic acids is 1. The van der Waals surface area contributed by atoms with Crippen molar-refractivity contribution in [2.75, 3.05) is 5.32 Å². The number of allylic oxidation sites excluding steroid dienone is 1. The number of nitrogens with one attached hydrogen (secondary N) is 1. The summed E-state index contributed by atoms with van der Waals surface area (Å²) in [4.78, 5) is 48.8. The fraction of sp³-hybridized carbons (Fsp3) is 0.784. The molecule has 4 saturated carbocycles. The number of esters is 1. The van der Waals surface area contributed by atoms with E-state index < -0.39 is 11.4 Å². The standard InChI is InChI=1S/C32H48O5.C5H7N3O2/c1-18(2)25-21(34)17-32(27(35)36)16-15-29(6)20(26(25)32)9-10-23-30(29,7)14-11-22-28(4,5)13-12-24(31(22,23)8)37-19(3)33;1-3(9)6-5-8-7-4(2)10-5/h18,20,22-24H,9-17H2,1-8H3,(H,35,36);1-2H3,(H,6,8,9)/t20-,22+,23+,24?,29-,30-,31+,32-;/m1./s1. The van der Waals surface area contributed by atoms with E-state index in [0.717, 1.165) is 56.1 Å². The molecule has 1 aromatic heterocycles. The van der Waals surface area contributed by atoms with Crippen molar-refractivity contribution in [1.29, 1.82) is 0 Å². The number of hydrogen-bond donors (Lipinski definition) is 2. The molecule has 0 bridgehead atoms. The summed E-state index contributed by atoms with van der Waals surface area (Å²) in [6.45, 7) is 20.8. The number of aromatic nitrogens is 2. The molecule has 10 nitrogen and oxygen atoms in total. The fourth-order valence-electron chi connectivity index (χ4n) is 11.7. The number of Topliss-reactive ketones (excluding diaryl/α,β-unsaturated/α-hetero) is 1. The molecule has 1 unspecified atom stereocenters. The molecule has 4 fully saturated rings. The Bertz CT molecular complexity index is 1490. The second-order valence-corrected chi connectivity index (χ2v) is 16.9. The molecule has 0 saturated heterocycles. The number of aryl methyl sites for hydroxylation is 1. The maximum absolute atomic E-state index is 13.3. The number of nitrogens with zero attached hydrogens (tertiary/aromatic N) is 2. The predicted molar refractivity (Wildman–Crippen MR) is 176 cm³/mol. The summed E-state index contributed by atoms with van der Waals surface area (Å²) in [5.74, 6) is 0.315. The summed E-state index contributed by atoms with van der Waals surface area (Å²) in [5, 5.41) is 19.9. The SMILES string of the molecule is CC(=O)Nc1nnc(C)o1.CC(=O)OC1CCC(C)(C)[C@@H]2CC[C@]3(C)[C@H](CC[C@@H]4C5=C(C(C)C)C(=O)C[C@]5(C(=O)O)CC[C@]43C)[C@@]12C. The number of carbonyl (C=O) groups is 4. The minimum absolute atomic E-state index is 0.0155. The second kappa shape index (κ2) is 11.8. The first-order chi connectivity index (χ1) is 21.7. The molecule has 2 N–H and O–H groups in total. The van der Waals surface area contributed by atoms with Gasteiger partial charge in [0.15, 0.2) is 5.78 Å². The highest BCUT2D eigenvalue weighted by Gasteiger charge is 2.72. The Morgan fingerprint density at radius 2 is 1.60 bits per heavy atom. The van der Waals surface area contributed by atoms with Crippen LogP contribution in [0.3, 0.4) is 0 Å². The lowest BCUT2D eigenvalue weighted by Crippen LogP contribution is -2.67. The molecule has 0 aliphatic heterocycles. The number of ketones is 1. The van der Waals surface area contributed by atoms with E-state index in [2.05, 4.69) is 64.0 Å². The van der Waals surface area contributed by atoms with Crippen LogP contribution in [-0.4, -0.2) is 45.0 Å². The summed E-state index contributed by atoms with van der Waals surface area (Å²) >= 11 is 0. The van der Waals surface area contributed by atoms with Crippen LogP contribution in [0.2, 0.25) is 0 Å². The van der Waals surface area contributed by atoms with E-state index in [1.165, 1.54) is 6.92 Å². The van der Waals surface area contributed by atoms with E-state index in [1.807, 2.05) is 0 Å². The van der Waals surface area contributed by atoms with E-state index in [1.54, 1.807) is 13.8 Å². The first-order valence-corrected chi connectivity index (χ1v) is 17.5. The Hall–Kier alpha value is -3.04. The number of hydrogen-bond acceptors (Lipinski definition) is 8. The second-order valence-electron chi connectivity index (χ2n) is 16.9. The van der Waals surface area contributed by atoms with Crippen LogP contribution in [0.1, 0.15) is 126 Å². The van der Waals surface area contributed by atoms with Crippen molar-refractivity contribution in [3.8, 4) is 0 Å². The lowest BCUT2D eigenvalue weighted by Gasteiger charge is -2.72. The first kappa shape index (κ1) is 35.3. The van der Waals surface area contributed by atoms with Gasteiger partial charge in [-0.2, -0.15) is 0 Å². The summed E-state index contributed by atoms with van der Waals surface area (Å²) in [7, 11) is 0. The van der Waals surface area contributed by atoms with Gasteiger partial charge in [0.05, 0.1) is 5.41 Å². The minimum atomic E-state index is -1.02. The molecule has 8 atom stereocenters. The van der Waals surface area contributed by atoms with Gasteiger partial charge in [0.25, 0.3) is 0 Å². The van der Waals surface area contributed by atoms with Crippen LogP contribution >= 0.6 is 0 Å². The Morgan fingerprint density at radius 1 is 0.915 bits per heavy atom. The lowest BCUT2D eigenvalue weighted by molar-refractivity contribution is -0.249. The molecular formula is C37H55N3O7. The van der Waals surface area contributed by atoms with Gasteiger partial charge in [0.1, 0.15) is 6.10 Å². The Balaban J connectivity index is 0.000000371. The van der Waals surface area contributed by atoms with Gasteiger partial charge in [-0.15, -0.1) is 5.10 Å². The van der Waals surface area contributed by atoms with E-state index >= 15 is 0 Å². The Kier molecular flexibility index (Phi) is 8.88. The third-order valence-electron chi connectivity index (χ3n) is 13.8. The average molecular weight is 654 g/mol. The molecule has 10 heteroatoms. The van der Waals surface area contributed by atoms with Gasteiger partial charge in [-0.25, -0.2) is 0 Å². The molecule has 1 aromatic rings. The van der Waals surface area contributed by atoms with Gasteiger partial charge in [0.2, 0.25) is 11.8 Å². The Morgan fingerprint density at radius 3 is 2.15 bits per heavy atom. The van der Waals surface area contributed by atoms with E-state index in [-0.39, 0.29) is 69.7 Å². The van der Waals surface area contributed by atoms with Crippen molar-refractivity contribution in [2.24, 2.45) is 50.7 Å². The highest BCUT2D eigenvalue weighted by atomic mass is 16.5. The first-order valence-electron chi connectivity index (χ1n) is 17.5. The zero-order chi connectivity index (χ0) is 34.9. The quantitative estimate of drug-likeness (QED) is 0.319. The van der Waals surface area contributed by atoms with Gasteiger partial charge in [-0.05, 0) is 102 Å². The molecule has 1 amide bonds. The molecule has 47 heavy (non-hydrogen) atoms. The van der Waals surface area contributed by atoms with Gasteiger partial charge in [-0.1, -0.05) is 53.6 Å². The molecule has 0 radical (unpaired) electrons. The largest absolute Gasteiger partial charge is 0.481 e. The molecular weight excluding hydrogens is 598 g/mol. The predicted octanol–water partition coefficient (Wildman–Crippen LogP) is 7.32. The third kappa shape index (κ3) is 5.36. The normalized spacial score (nSPS) is 38.7. The highest BCUT2D eigenvalue weighted by Crippen LogP contribution is 2.76. The van der Waals surface area contributed by atoms with Crippen molar-refractivity contribution >= 4 is 29.6 Å². The van der Waals surface area contributed by atoms with Crippen molar-refractivity contribution in [3.05, 3.63) is 17.0 Å². The maximum atomic E-state index is 13.3. The number of fused-ring (bicyclic) bond motifs is 7. The molecule has 1 heterocycles. The fourth-order valence-corrected chi connectivity index (χ4v) is 11.7.